The van der Waals surface area contributed by atoms with Crippen LogP contribution in [0.3, 0.4) is 0 Å². The molecule has 1 aliphatic carbocycles. The number of amides is 1. The van der Waals surface area contributed by atoms with E-state index in [2.05, 4.69) is 33.0 Å². The highest BCUT2D eigenvalue weighted by atomic mass is 32.2. The number of anilines is 1. The highest BCUT2D eigenvalue weighted by molar-refractivity contribution is 8.01. The summed E-state index contributed by atoms with van der Waals surface area (Å²) in [7, 11) is 0. The first kappa shape index (κ1) is 23.2. The molecule has 2 aromatic heterocycles. The Labute approximate surface area is 200 Å². The van der Waals surface area contributed by atoms with E-state index in [0.29, 0.717) is 12.3 Å². The van der Waals surface area contributed by atoms with Gasteiger partial charge in [-0.25, -0.2) is 4.39 Å². The van der Waals surface area contributed by atoms with Gasteiger partial charge in [0.05, 0.1) is 5.75 Å². The predicted octanol–water partition coefficient (Wildman–Crippen LogP) is 5.85. The zero-order chi connectivity index (χ0) is 22.2. The maximum atomic E-state index is 13.3. The zero-order valence-electron chi connectivity index (χ0n) is 17.8. The standard InChI is InChI=1S/C23H27FN4OS3/c24-18-10-8-17(9-11-18)15-28(19-5-2-1-3-6-19)21(29)16-31-23-27-26-22(32-23)25-13-12-20-7-4-14-30-20/h4,7-11,14,19H,1-3,5-6,12-13,15-16H2,(H,25,26). The molecule has 1 fully saturated rings. The number of rotatable bonds is 10. The molecule has 9 heteroatoms. The number of hydrogen-bond acceptors (Lipinski definition) is 7. The summed E-state index contributed by atoms with van der Waals surface area (Å²) in [5.74, 6) is 0.186. The summed E-state index contributed by atoms with van der Waals surface area (Å²) in [5, 5.41) is 14.6. The number of benzene rings is 1. The first-order chi connectivity index (χ1) is 15.7. The van der Waals surface area contributed by atoms with E-state index in [9.17, 15) is 9.18 Å². The van der Waals surface area contributed by atoms with Gasteiger partial charge in [-0.3, -0.25) is 4.79 Å². The van der Waals surface area contributed by atoms with Crippen molar-refractivity contribution in [1.82, 2.24) is 15.1 Å². The van der Waals surface area contributed by atoms with Gasteiger partial charge in [-0.15, -0.1) is 21.5 Å². The molecule has 0 radical (unpaired) electrons. The van der Waals surface area contributed by atoms with Crippen LogP contribution in [0.4, 0.5) is 9.52 Å². The molecule has 0 atom stereocenters. The Bertz CT molecular complexity index is 972. The third-order valence-corrected chi connectivity index (χ3v) is 8.49. The second-order valence-corrected chi connectivity index (χ2v) is 11.1. The Hall–Kier alpha value is -1.97. The summed E-state index contributed by atoms with van der Waals surface area (Å²) in [4.78, 5) is 16.5. The Morgan fingerprint density at radius 3 is 2.72 bits per heavy atom. The van der Waals surface area contributed by atoms with Crippen LogP contribution in [-0.2, 0) is 17.8 Å². The smallest absolute Gasteiger partial charge is 0.233 e. The summed E-state index contributed by atoms with van der Waals surface area (Å²) in [6.07, 6.45) is 6.57. The number of thioether (sulfide) groups is 1. The van der Waals surface area contributed by atoms with E-state index < -0.39 is 0 Å². The number of carbonyl (C=O) groups is 1. The lowest BCUT2D eigenvalue weighted by Gasteiger charge is -2.34. The van der Waals surface area contributed by atoms with Crippen molar-refractivity contribution < 1.29 is 9.18 Å². The van der Waals surface area contributed by atoms with Crippen molar-refractivity contribution in [3.05, 3.63) is 58.0 Å². The van der Waals surface area contributed by atoms with Crippen LogP contribution in [-0.4, -0.2) is 39.3 Å². The largest absolute Gasteiger partial charge is 0.360 e. The molecule has 0 saturated heterocycles. The van der Waals surface area contributed by atoms with Gasteiger partial charge in [0.2, 0.25) is 11.0 Å². The second kappa shape index (κ2) is 11.8. The molecule has 0 unspecified atom stereocenters. The molecule has 32 heavy (non-hydrogen) atoms. The van der Waals surface area contributed by atoms with E-state index in [1.165, 1.54) is 46.5 Å². The van der Waals surface area contributed by atoms with Gasteiger partial charge in [0.15, 0.2) is 4.34 Å². The van der Waals surface area contributed by atoms with Crippen molar-refractivity contribution in [3.63, 3.8) is 0 Å². The third-order valence-electron chi connectivity index (χ3n) is 5.56. The minimum atomic E-state index is -0.254. The minimum absolute atomic E-state index is 0.105. The number of carbonyl (C=O) groups excluding carboxylic acids is 1. The van der Waals surface area contributed by atoms with Crippen LogP contribution in [0.5, 0.6) is 0 Å². The van der Waals surface area contributed by atoms with Crippen LogP contribution < -0.4 is 5.32 Å². The Morgan fingerprint density at radius 1 is 1.16 bits per heavy atom. The lowest BCUT2D eigenvalue weighted by atomic mass is 9.94. The number of nitrogens with zero attached hydrogens (tertiary/aromatic N) is 3. The fourth-order valence-corrected chi connectivity index (χ4v) is 6.27. The Kier molecular flexibility index (Phi) is 8.53. The third kappa shape index (κ3) is 6.76. The summed E-state index contributed by atoms with van der Waals surface area (Å²) >= 11 is 4.68. The second-order valence-electron chi connectivity index (χ2n) is 7.86. The van der Waals surface area contributed by atoms with Crippen LogP contribution in [0.15, 0.2) is 46.1 Å². The SMILES string of the molecule is O=C(CSc1nnc(NCCc2cccs2)s1)N(Cc1ccc(F)cc1)C1CCCCC1. The molecule has 1 aliphatic rings. The van der Waals surface area contributed by atoms with Gasteiger partial charge in [-0.2, -0.15) is 0 Å². The highest BCUT2D eigenvalue weighted by Crippen LogP contribution is 2.28. The Balaban J connectivity index is 1.31. The molecule has 0 aliphatic heterocycles. The van der Waals surface area contributed by atoms with E-state index in [1.807, 2.05) is 4.90 Å². The molecule has 0 bridgehead atoms. The van der Waals surface area contributed by atoms with Crippen molar-refractivity contribution in [2.75, 3.05) is 17.6 Å². The van der Waals surface area contributed by atoms with Gasteiger partial charge in [0.1, 0.15) is 5.82 Å². The average Bonchev–Trinajstić information content (AvgIpc) is 3.50. The van der Waals surface area contributed by atoms with E-state index in [4.69, 9.17) is 0 Å². The normalized spacial score (nSPS) is 14.4. The molecular weight excluding hydrogens is 463 g/mol. The monoisotopic (exact) mass is 490 g/mol. The van der Waals surface area contributed by atoms with Crippen molar-refractivity contribution in [1.29, 1.82) is 0 Å². The first-order valence-electron chi connectivity index (χ1n) is 10.9. The number of thiophene rings is 1. The van der Waals surface area contributed by atoms with E-state index >= 15 is 0 Å². The summed E-state index contributed by atoms with van der Waals surface area (Å²) in [6, 6.07) is 10.9. The quantitative estimate of drug-likeness (QED) is 0.362. The van der Waals surface area contributed by atoms with Crippen molar-refractivity contribution in [2.24, 2.45) is 0 Å². The fourth-order valence-electron chi connectivity index (χ4n) is 3.89. The van der Waals surface area contributed by atoms with Gasteiger partial charge < -0.3 is 10.2 Å². The minimum Gasteiger partial charge on any atom is -0.360 e. The fraction of sp³-hybridized carbons (Fsp3) is 0.435. The molecule has 0 spiro atoms. The Morgan fingerprint density at radius 2 is 1.97 bits per heavy atom. The maximum Gasteiger partial charge on any atom is 0.233 e. The van der Waals surface area contributed by atoms with Crippen molar-refractivity contribution in [3.8, 4) is 0 Å². The van der Waals surface area contributed by atoms with Gasteiger partial charge in [-0.1, -0.05) is 60.6 Å². The summed E-state index contributed by atoms with van der Waals surface area (Å²) < 4.78 is 14.1. The van der Waals surface area contributed by atoms with Crippen LogP contribution in [0, 0.1) is 5.82 Å². The van der Waals surface area contributed by atoms with Gasteiger partial charge in [0.25, 0.3) is 0 Å². The van der Waals surface area contributed by atoms with E-state index in [1.54, 1.807) is 23.5 Å². The number of nitrogens with one attached hydrogen (secondary N) is 1. The summed E-state index contributed by atoms with van der Waals surface area (Å²) in [5.41, 5.74) is 0.962. The molecule has 1 amide bonds. The predicted molar refractivity (Wildman–Crippen MR) is 131 cm³/mol. The van der Waals surface area contributed by atoms with E-state index in [0.717, 1.165) is 53.7 Å². The average molecular weight is 491 g/mol. The van der Waals surface area contributed by atoms with Gasteiger partial charge in [0, 0.05) is 24.0 Å². The molecule has 5 nitrogen and oxygen atoms in total. The maximum absolute atomic E-state index is 13.3. The van der Waals surface area contributed by atoms with Crippen molar-refractivity contribution >= 4 is 45.5 Å². The van der Waals surface area contributed by atoms with Gasteiger partial charge >= 0.3 is 0 Å². The number of hydrogen-bond donors (Lipinski definition) is 1. The van der Waals surface area contributed by atoms with E-state index in [-0.39, 0.29) is 17.8 Å². The summed E-state index contributed by atoms with van der Waals surface area (Å²) in [6.45, 7) is 1.34. The van der Waals surface area contributed by atoms with Crippen molar-refractivity contribution in [2.45, 2.75) is 55.5 Å². The molecule has 170 valence electrons. The first-order valence-corrected chi connectivity index (χ1v) is 13.6. The number of aromatic nitrogens is 2. The number of halogens is 1. The lowest BCUT2D eigenvalue weighted by Crippen LogP contribution is -2.41. The molecule has 1 aromatic carbocycles. The molecular formula is C23H27FN4OS3. The van der Waals surface area contributed by atoms with Crippen LogP contribution in [0.1, 0.15) is 42.5 Å². The molecule has 3 aromatic rings. The van der Waals surface area contributed by atoms with Crippen LogP contribution >= 0.6 is 34.4 Å². The topological polar surface area (TPSA) is 58.1 Å². The molecule has 1 saturated carbocycles. The zero-order valence-corrected chi connectivity index (χ0v) is 20.3. The lowest BCUT2D eigenvalue weighted by molar-refractivity contribution is -0.132. The van der Waals surface area contributed by atoms with Crippen LogP contribution in [0.25, 0.3) is 0 Å². The van der Waals surface area contributed by atoms with Crippen LogP contribution in [0.2, 0.25) is 0 Å². The molecule has 4 rings (SSSR count). The van der Waals surface area contributed by atoms with Gasteiger partial charge in [-0.05, 0) is 48.4 Å². The highest BCUT2D eigenvalue weighted by Gasteiger charge is 2.26. The molecule has 2 heterocycles. The molecule has 1 N–H and O–H groups in total.